The van der Waals surface area contributed by atoms with Gasteiger partial charge in [0.2, 0.25) is 0 Å². The molecule has 0 aliphatic rings. The number of halogens is 1. The molecule has 0 radical (unpaired) electrons. The normalized spacial score (nSPS) is 11.1. The van der Waals surface area contributed by atoms with Crippen molar-refractivity contribution in [2.75, 3.05) is 0 Å². The van der Waals surface area contributed by atoms with Crippen LogP contribution in [0.2, 0.25) is 0 Å². The summed E-state index contributed by atoms with van der Waals surface area (Å²) in [5, 5.41) is 0. The van der Waals surface area contributed by atoms with Crippen molar-refractivity contribution in [1.29, 1.82) is 0 Å². The molecule has 0 amide bonds. The van der Waals surface area contributed by atoms with Crippen molar-refractivity contribution >= 4 is 6.16 Å². The first-order valence-corrected chi connectivity index (χ1v) is 4.95. The van der Waals surface area contributed by atoms with Crippen LogP contribution in [0.3, 0.4) is 0 Å². The summed E-state index contributed by atoms with van der Waals surface area (Å²) in [7, 11) is 0. The fraction of sp³-hybridized carbons (Fsp3) is 0.417. The zero-order chi connectivity index (χ0) is 12.3. The van der Waals surface area contributed by atoms with Gasteiger partial charge in [0.25, 0.3) is 0 Å². The summed E-state index contributed by atoms with van der Waals surface area (Å²) < 4.78 is 22.8. The molecule has 88 valence electrons. The van der Waals surface area contributed by atoms with Gasteiger partial charge in [0.05, 0.1) is 0 Å². The van der Waals surface area contributed by atoms with Gasteiger partial charge in [-0.3, -0.25) is 0 Å². The van der Waals surface area contributed by atoms with Crippen LogP contribution in [-0.4, -0.2) is 11.8 Å². The number of benzene rings is 1. The number of carbonyl (C=O) groups is 1. The third-order valence-corrected chi connectivity index (χ3v) is 1.72. The lowest BCUT2D eigenvalue weighted by Gasteiger charge is -2.18. The van der Waals surface area contributed by atoms with Crippen molar-refractivity contribution in [3.05, 3.63) is 29.6 Å². The maximum atomic E-state index is 12.9. The molecule has 0 spiro atoms. The van der Waals surface area contributed by atoms with E-state index in [4.69, 9.17) is 9.47 Å². The van der Waals surface area contributed by atoms with E-state index in [1.807, 2.05) is 0 Å². The van der Waals surface area contributed by atoms with Crippen LogP contribution in [0, 0.1) is 12.7 Å². The molecule has 0 bridgehead atoms. The summed E-state index contributed by atoms with van der Waals surface area (Å²) in [5.41, 5.74) is -0.187. The highest BCUT2D eigenvalue weighted by atomic mass is 19.1. The largest absolute Gasteiger partial charge is 0.514 e. The lowest BCUT2D eigenvalue weighted by atomic mass is 10.2. The molecule has 0 fully saturated rings. The topological polar surface area (TPSA) is 35.5 Å². The molecule has 3 nitrogen and oxygen atoms in total. The van der Waals surface area contributed by atoms with Crippen molar-refractivity contribution in [1.82, 2.24) is 0 Å². The highest BCUT2D eigenvalue weighted by molar-refractivity contribution is 5.64. The third kappa shape index (κ3) is 3.88. The van der Waals surface area contributed by atoms with E-state index >= 15 is 0 Å². The van der Waals surface area contributed by atoms with Gasteiger partial charge in [0.1, 0.15) is 17.2 Å². The summed E-state index contributed by atoms with van der Waals surface area (Å²) in [6, 6.07) is 4.07. The van der Waals surface area contributed by atoms with Gasteiger partial charge in [-0.05, 0) is 51.5 Å². The molecule has 0 aliphatic heterocycles. The Labute approximate surface area is 94.2 Å². The molecule has 1 aromatic rings. The minimum Gasteiger partial charge on any atom is -0.428 e. The second-order valence-electron chi connectivity index (χ2n) is 4.48. The van der Waals surface area contributed by atoms with E-state index in [-0.39, 0.29) is 11.6 Å². The van der Waals surface area contributed by atoms with Gasteiger partial charge in [-0.15, -0.1) is 0 Å². The first-order valence-electron chi connectivity index (χ1n) is 4.95. The van der Waals surface area contributed by atoms with E-state index in [1.165, 1.54) is 18.2 Å². The maximum absolute atomic E-state index is 12.9. The standard InChI is InChI=1S/C12H15FO3/c1-8-7-9(5-6-10(8)13)15-11(14)16-12(2,3)4/h5-7H,1-4H3. The molecular formula is C12H15FO3. The highest BCUT2D eigenvalue weighted by Crippen LogP contribution is 2.17. The minimum atomic E-state index is -0.793. The number of carbonyl (C=O) groups excluding carboxylic acids is 1. The average Bonchev–Trinajstić information content (AvgIpc) is 2.08. The smallest absolute Gasteiger partial charge is 0.428 e. The minimum absolute atomic E-state index is 0.271. The molecule has 0 N–H and O–H groups in total. The van der Waals surface area contributed by atoms with Crippen LogP contribution in [0.4, 0.5) is 9.18 Å². The van der Waals surface area contributed by atoms with Crippen LogP contribution in [0.5, 0.6) is 5.75 Å². The van der Waals surface area contributed by atoms with E-state index in [2.05, 4.69) is 0 Å². The van der Waals surface area contributed by atoms with Gasteiger partial charge in [0.15, 0.2) is 0 Å². The molecular weight excluding hydrogens is 211 g/mol. The summed E-state index contributed by atoms with van der Waals surface area (Å²) in [6.45, 7) is 6.82. The molecule has 4 heteroatoms. The van der Waals surface area contributed by atoms with Gasteiger partial charge in [0, 0.05) is 0 Å². The Bertz CT molecular complexity index is 394. The average molecular weight is 226 g/mol. The molecule has 0 saturated carbocycles. The number of rotatable bonds is 1. The Morgan fingerprint density at radius 3 is 2.44 bits per heavy atom. The van der Waals surface area contributed by atoms with Gasteiger partial charge >= 0.3 is 6.16 Å². The quantitative estimate of drug-likeness (QED) is 0.543. The first-order chi connectivity index (χ1) is 7.28. The molecule has 16 heavy (non-hydrogen) atoms. The van der Waals surface area contributed by atoms with Crippen LogP contribution < -0.4 is 4.74 Å². The highest BCUT2D eigenvalue weighted by Gasteiger charge is 2.18. The SMILES string of the molecule is Cc1cc(OC(=O)OC(C)(C)C)ccc1F. The molecule has 0 atom stereocenters. The van der Waals surface area contributed by atoms with Crippen LogP contribution >= 0.6 is 0 Å². The van der Waals surface area contributed by atoms with E-state index in [9.17, 15) is 9.18 Å². The summed E-state index contributed by atoms with van der Waals surface area (Å²) >= 11 is 0. The molecule has 0 unspecified atom stereocenters. The Hall–Kier alpha value is -1.58. The molecule has 0 aromatic heterocycles. The van der Waals surface area contributed by atoms with Gasteiger partial charge in [-0.2, -0.15) is 0 Å². The van der Waals surface area contributed by atoms with Gasteiger partial charge < -0.3 is 9.47 Å². The predicted octanol–water partition coefficient (Wildman–Crippen LogP) is 3.45. The molecule has 0 saturated heterocycles. The zero-order valence-electron chi connectivity index (χ0n) is 9.83. The molecule has 0 aliphatic carbocycles. The van der Waals surface area contributed by atoms with Crippen molar-refractivity contribution < 1.29 is 18.7 Å². The van der Waals surface area contributed by atoms with Crippen LogP contribution in [0.15, 0.2) is 18.2 Å². The lowest BCUT2D eigenvalue weighted by molar-refractivity contribution is 0.0206. The molecule has 1 aromatic carbocycles. The fourth-order valence-electron chi connectivity index (χ4n) is 1.05. The number of ether oxygens (including phenoxy) is 2. The van der Waals surface area contributed by atoms with Crippen LogP contribution in [-0.2, 0) is 4.74 Å². The second kappa shape index (κ2) is 4.51. The fourth-order valence-corrected chi connectivity index (χ4v) is 1.05. The third-order valence-electron chi connectivity index (χ3n) is 1.72. The maximum Gasteiger partial charge on any atom is 0.514 e. The predicted molar refractivity (Wildman–Crippen MR) is 58.0 cm³/mol. The summed E-state index contributed by atoms with van der Waals surface area (Å²) in [4.78, 5) is 11.3. The van der Waals surface area contributed by atoms with Gasteiger partial charge in [-0.1, -0.05) is 0 Å². The Morgan fingerprint density at radius 2 is 1.94 bits per heavy atom. The first kappa shape index (κ1) is 12.5. The number of hydrogen-bond donors (Lipinski definition) is 0. The van der Waals surface area contributed by atoms with Crippen LogP contribution in [0.1, 0.15) is 26.3 Å². The molecule has 0 heterocycles. The molecule has 1 rings (SSSR count). The van der Waals surface area contributed by atoms with Crippen molar-refractivity contribution in [2.45, 2.75) is 33.3 Å². The second-order valence-corrected chi connectivity index (χ2v) is 4.48. The van der Waals surface area contributed by atoms with E-state index in [0.29, 0.717) is 5.56 Å². The Kier molecular flexibility index (Phi) is 3.52. The monoisotopic (exact) mass is 226 g/mol. The van der Waals surface area contributed by atoms with Crippen molar-refractivity contribution in [3.63, 3.8) is 0 Å². The Balaban J connectivity index is 2.67. The van der Waals surface area contributed by atoms with Crippen molar-refractivity contribution in [3.8, 4) is 5.75 Å². The van der Waals surface area contributed by atoms with E-state index in [0.717, 1.165) is 0 Å². The van der Waals surface area contributed by atoms with E-state index < -0.39 is 11.8 Å². The van der Waals surface area contributed by atoms with Crippen LogP contribution in [0.25, 0.3) is 0 Å². The van der Waals surface area contributed by atoms with Crippen molar-refractivity contribution in [2.24, 2.45) is 0 Å². The summed E-state index contributed by atoms with van der Waals surface area (Å²) in [5.74, 6) is -0.0651. The van der Waals surface area contributed by atoms with Gasteiger partial charge in [-0.25, -0.2) is 9.18 Å². The number of hydrogen-bond acceptors (Lipinski definition) is 3. The zero-order valence-corrected chi connectivity index (χ0v) is 9.83. The lowest BCUT2D eigenvalue weighted by Crippen LogP contribution is -2.26. The number of aryl methyl sites for hydroxylation is 1. The summed E-state index contributed by atoms with van der Waals surface area (Å²) in [6.07, 6.45) is -0.793. The van der Waals surface area contributed by atoms with E-state index in [1.54, 1.807) is 27.7 Å². The Morgan fingerprint density at radius 1 is 1.31 bits per heavy atom.